The Bertz CT molecular complexity index is 810. The van der Waals surface area contributed by atoms with E-state index in [0.29, 0.717) is 16.8 Å². The van der Waals surface area contributed by atoms with Crippen molar-refractivity contribution < 1.29 is 14.5 Å². The maximum Gasteiger partial charge on any atom is 0.338 e. The number of benzene rings is 1. The summed E-state index contributed by atoms with van der Waals surface area (Å²) in [5.41, 5.74) is 0.512. The molecule has 1 aromatic carbocycles. The number of hydrogen-bond acceptors (Lipinski definition) is 5. The van der Waals surface area contributed by atoms with Crippen LogP contribution in [0.1, 0.15) is 28.5 Å². The van der Waals surface area contributed by atoms with Gasteiger partial charge in [-0.1, -0.05) is 12.1 Å². The molecule has 2 rings (SSSR count). The minimum absolute atomic E-state index is 0.138. The Kier molecular flexibility index (Phi) is 4.90. The van der Waals surface area contributed by atoms with Crippen molar-refractivity contribution in [3.05, 3.63) is 73.7 Å². The van der Waals surface area contributed by atoms with E-state index < -0.39 is 22.1 Å². The molecule has 0 unspecified atom stereocenters. The van der Waals surface area contributed by atoms with Gasteiger partial charge >= 0.3 is 17.2 Å². The van der Waals surface area contributed by atoms with Crippen molar-refractivity contribution in [1.82, 2.24) is 4.57 Å². The Morgan fingerprint density at radius 3 is 2.70 bits per heavy atom. The number of ether oxygens (including phenoxy) is 1. The van der Waals surface area contributed by atoms with Gasteiger partial charge in [0.2, 0.25) is 0 Å². The summed E-state index contributed by atoms with van der Waals surface area (Å²) in [4.78, 5) is 34.1. The Hall–Kier alpha value is -2.96. The number of nitro groups is 1. The molecule has 0 saturated carbocycles. The van der Waals surface area contributed by atoms with Crippen molar-refractivity contribution in [1.29, 1.82) is 0 Å². The molecule has 0 bridgehead atoms. The molecule has 1 heterocycles. The van der Waals surface area contributed by atoms with Crippen LogP contribution >= 0.6 is 0 Å². The van der Waals surface area contributed by atoms with E-state index in [1.165, 1.54) is 16.7 Å². The Balaban J connectivity index is 2.38. The summed E-state index contributed by atoms with van der Waals surface area (Å²) in [6, 6.07) is 9.37. The van der Waals surface area contributed by atoms with Crippen LogP contribution < -0.4 is 5.56 Å². The van der Waals surface area contributed by atoms with Crippen LogP contribution in [0, 0.1) is 17.0 Å². The van der Waals surface area contributed by atoms with Gasteiger partial charge in [-0.3, -0.25) is 14.9 Å². The second kappa shape index (κ2) is 6.87. The van der Waals surface area contributed by atoms with Gasteiger partial charge in [0.15, 0.2) is 0 Å². The summed E-state index contributed by atoms with van der Waals surface area (Å²) in [5, 5.41) is 10.9. The number of carbonyl (C=O) groups excluding carboxylic acids is 1. The maximum atomic E-state index is 12.2. The molecule has 2 aromatic rings. The van der Waals surface area contributed by atoms with Gasteiger partial charge in [0.25, 0.3) is 0 Å². The molecule has 23 heavy (non-hydrogen) atoms. The SMILES string of the molecule is CCOC(=O)c1cccc(Cn2c(C)ccc([N+](=O)[O-])c2=O)c1. The number of esters is 1. The Morgan fingerprint density at radius 2 is 2.04 bits per heavy atom. The fourth-order valence-electron chi connectivity index (χ4n) is 2.19. The van der Waals surface area contributed by atoms with E-state index in [9.17, 15) is 19.7 Å². The predicted octanol–water partition coefficient (Wildman–Crippen LogP) is 2.29. The third-order valence-electron chi connectivity index (χ3n) is 3.35. The number of carbonyl (C=O) groups is 1. The molecule has 120 valence electrons. The summed E-state index contributed by atoms with van der Waals surface area (Å²) in [7, 11) is 0. The highest BCUT2D eigenvalue weighted by atomic mass is 16.6. The van der Waals surface area contributed by atoms with Crippen molar-refractivity contribution in [2.45, 2.75) is 20.4 Å². The summed E-state index contributed by atoms with van der Waals surface area (Å²) in [6.07, 6.45) is 0. The number of aromatic nitrogens is 1. The van der Waals surface area contributed by atoms with E-state index >= 15 is 0 Å². The lowest BCUT2D eigenvalue weighted by molar-refractivity contribution is -0.386. The third-order valence-corrected chi connectivity index (χ3v) is 3.35. The average Bonchev–Trinajstić information content (AvgIpc) is 2.51. The van der Waals surface area contributed by atoms with Crippen LogP contribution in [0.2, 0.25) is 0 Å². The number of pyridine rings is 1. The van der Waals surface area contributed by atoms with Gasteiger partial charge in [0.05, 0.1) is 23.6 Å². The van der Waals surface area contributed by atoms with E-state index in [1.807, 2.05) is 0 Å². The quantitative estimate of drug-likeness (QED) is 0.479. The first-order chi connectivity index (χ1) is 10.9. The molecule has 0 aliphatic rings. The Labute approximate surface area is 132 Å². The fourth-order valence-corrected chi connectivity index (χ4v) is 2.19. The van der Waals surface area contributed by atoms with Gasteiger partial charge in [-0.05, 0) is 37.6 Å². The number of hydrogen-bond donors (Lipinski definition) is 0. The molecule has 1 aromatic heterocycles. The van der Waals surface area contributed by atoms with Crippen LogP contribution in [-0.4, -0.2) is 22.1 Å². The second-order valence-electron chi connectivity index (χ2n) is 4.93. The molecular formula is C16H16N2O5. The normalized spacial score (nSPS) is 10.3. The zero-order valence-electron chi connectivity index (χ0n) is 12.8. The van der Waals surface area contributed by atoms with Crippen LogP contribution in [0.4, 0.5) is 5.69 Å². The maximum absolute atomic E-state index is 12.2. The molecule has 0 aliphatic heterocycles. The Morgan fingerprint density at radius 1 is 1.30 bits per heavy atom. The highest BCUT2D eigenvalue weighted by molar-refractivity contribution is 5.89. The van der Waals surface area contributed by atoms with E-state index in [-0.39, 0.29) is 13.2 Å². The van der Waals surface area contributed by atoms with Gasteiger partial charge < -0.3 is 9.30 Å². The van der Waals surface area contributed by atoms with Gasteiger partial charge in [0.1, 0.15) is 0 Å². The topological polar surface area (TPSA) is 91.4 Å². The smallest absolute Gasteiger partial charge is 0.338 e. The van der Waals surface area contributed by atoms with Crippen molar-refractivity contribution in [2.24, 2.45) is 0 Å². The van der Waals surface area contributed by atoms with E-state index in [4.69, 9.17) is 4.74 Å². The summed E-state index contributed by atoms with van der Waals surface area (Å²) in [6.45, 7) is 3.82. The monoisotopic (exact) mass is 316 g/mol. The molecule has 0 aliphatic carbocycles. The van der Waals surface area contributed by atoms with Crippen molar-refractivity contribution >= 4 is 11.7 Å². The standard InChI is InChI=1S/C16H16N2O5/c1-3-23-16(20)13-6-4-5-12(9-13)10-17-11(2)7-8-14(15(17)19)18(21)22/h4-9H,3,10H2,1-2H3. The minimum Gasteiger partial charge on any atom is -0.462 e. The highest BCUT2D eigenvalue weighted by Crippen LogP contribution is 2.11. The first-order valence-corrected chi connectivity index (χ1v) is 7.05. The molecule has 7 nitrogen and oxygen atoms in total. The van der Waals surface area contributed by atoms with Gasteiger partial charge in [-0.2, -0.15) is 0 Å². The summed E-state index contributed by atoms with van der Waals surface area (Å²) >= 11 is 0. The molecule has 0 atom stereocenters. The molecule has 0 spiro atoms. The van der Waals surface area contributed by atoms with Gasteiger partial charge in [-0.25, -0.2) is 4.79 Å². The van der Waals surface area contributed by atoms with Crippen LogP contribution in [0.15, 0.2) is 41.2 Å². The summed E-state index contributed by atoms with van der Waals surface area (Å²) in [5.74, 6) is -0.447. The lowest BCUT2D eigenvalue weighted by Crippen LogP contribution is -2.25. The molecule has 0 fully saturated rings. The largest absolute Gasteiger partial charge is 0.462 e. The minimum atomic E-state index is -0.701. The van der Waals surface area contributed by atoms with E-state index in [1.54, 1.807) is 38.1 Å². The lowest BCUT2D eigenvalue weighted by atomic mass is 10.1. The third kappa shape index (κ3) is 3.63. The molecule has 0 saturated heterocycles. The van der Waals surface area contributed by atoms with E-state index in [2.05, 4.69) is 0 Å². The van der Waals surface area contributed by atoms with E-state index in [0.717, 1.165) is 0 Å². The first kappa shape index (κ1) is 16.4. The first-order valence-electron chi connectivity index (χ1n) is 7.05. The molecular weight excluding hydrogens is 300 g/mol. The number of nitrogens with zero attached hydrogens (tertiary/aromatic N) is 2. The lowest BCUT2D eigenvalue weighted by Gasteiger charge is -2.10. The van der Waals surface area contributed by atoms with Crippen molar-refractivity contribution in [2.75, 3.05) is 6.61 Å². The van der Waals surface area contributed by atoms with Crippen LogP contribution in [0.25, 0.3) is 0 Å². The second-order valence-corrected chi connectivity index (χ2v) is 4.93. The number of rotatable bonds is 5. The molecule has 0 amide bonds. The fraction of sp³-hybridized carbons (Fsp3) is 0.250. The van der Waals surface area contributed by atoms with Crippen molar-refractivity contribution in [3.8, 4) is 0 Å². The van der Waals surface area contributed by atoms with Crippen LogP contribution in [-0.2, 0) is 11.3 Å². The molecule has 0 radical (unpaired) electrons. The molecule has 7 heteroatoms. The average molecular weight is 316 g/mol. The van der Waals surface area contributed by atoms with Gasteiger partial charge in [0, 0.05) is 11.8 Å². The van der Waals surface area contributed by atoms with Crippen LogP contribution in [0.5, 0.6) is 0 Å². The van der Waals surface area contributed by atoms with Gasteiger partial charge in [-0.15, -0.1) is 0 Å². The van der Waals surface area contributed by atoms with Crippen LogP contribution in [0.3, 0.4) is 0 Å². The number of aryl methyl sites for hydroxylation is 1. The zero-order chi connectivity index (χ0) is 17.0. The van der Waals surface area contributed by atoms with Crippen molar-refractivity contribution in [3.63, 3.8) is 0 Å². The summed E-state index contributed by atoms with van der Waals surface area (Å²) < 4.78 is 6.24. The zero-order valence-corrected chi connectivity index (χ0v) is 12.8. The predicted molar refractivity (Wildman–Crippen MR) is 83.6 cm³/mol. The molecule has 0 N–H and O–H groups in total. The highest BCUT2D eigenvalue weighted by Gasteiger charge is 2.16.